The van der Waals surface area contributed by atoms with Crippen LogP contribution in [-0.2, 0) is 14.4 Å². The fourth-order valence-electron chi connectivity index (χ4n) is 8.64. The topological polar surface area (TPSA) is 86.7 Å². The van der Waals surface area contributed by atoms with Crippen LogP contribution in [0.1, 0.15) is 303 Å². The molecular formula is C53H104N2O4. The third-order valence-electron chi connectivity index (χ3n) is 12.7. The highest BCUT2D eigenvalue weighted by Crippen LogP contribution is 2.17. The zero-order valence-electron chi connectivity index (χ0n) is 40.2. The zero-order valence-corrected chi connectivity index (χ0v) is 40.2. The predicted octanol–water partition coefficient (Wildman–Crippen LogP) is 16.6. The number of amides is 2. The van der Waals surface area contributed by atoms with Crippen LogP contribution in [-0.4, -0.2) is 46.9 Å². The van der Waals surface area contributed by atoms with Gasteiger partial charge in [0, 0.05) is 25.9 Å². The fraction of sp³-hybridized carbons (Fsp3) is 0.943. The first kappa shape index (κ1) is 57.4. The molecule has 0 aromatic rings. The molecule has 0 aromatic heterocycles. The molecule has 0 unspecified atom stereocenters. The molecule has 0 rings (SSSR count). The average molecular weight is 833 g/mol. The molecule has 2 N–H and O–H groups in total. The van der Waals surface area contributed by atoms with Gasteiger partial charge in [0.25, 0.3) is 0 Å². The van der Waals surface area contributed by atoms with Crippen LogP contribution in [0.5, 0.6) is 0 Å². The van der Waals surface area contributed by atoms with Crippen molar-refractivity contribution in [2.75, 3.05) is 13.1 Å². The number of rotatable bonds is 49. The maximum Gasteiger partial charge on any atom is 0.303 e. The average Bonchev–Trinajstić information content (AvgIpc) is 3.23. The minimum absolute atomic E-state index is 0.0754. The van der Waals surface area contributed by atoms with Gasteiger partial charge in [0.15, 0.2) is 0 Å². The molecule has 6 nitrogen and oxygen atoms in total. The van der Waals surface area contributed by atoms with Gasteiger partial charge in [0.2, 0.25) is 11.8 Å². The van der Waals surface area contributed by atoms with Crippen molar-refractivity contribution in [2.45, 2.75) is 309 Å². The van der Waals surface area contributed by atoms with E-state index in [1.807, 2.05) is 4.90 Å². The van der Waals surface area contributed by atoms with E-state index in [-0.39, 0.29) is 24.7 Å². The lowest BCUT2D eigenvalue weighted by Gasteiger charge is -2.28. The van der Waals surface area contributed by atoms with Gasteiger partial charge in [-0.1, -0.05) is 265 Å². The second-order valence-corrected chi connectivity index (χ2v) is 18.6. The molecule has 0 radical (unpaired) electrons. The summed E-state index contributed by atoms with van der Waals surface area (Å²) in [7, 11) is 0. The molecule has 0 saturated carbocycles. The summed E-state index contributed by atoms with van der Waals surface area (Å²) >= 11 is 0. The zero-order chi connectivity index (χ0) is 43.1. The highest BCUT2D eigenvalue weighted by molar-refractivity contribution is 5.88. The van der Waals surface area contributed by atoms with Crippen molar-refractivity contribution in [1.82, 2.24) is 10.2 Å². The van der Waals surface area contributed by atoms with Gasteiger partial charge >= 0.3 is 5.97 Å². The lowest BCUT2D eigenvalue weighted by molar-refractivity contribution is -0.139. The predicted molar refractivity (Wildman–Crippen MR) is 256 cm³/mol. The quantitative estimate of drug-likeness (QED) is 0.0598. The van der Waals surface area contributed by atoms with E-state index in [2.05, 4.69) is 26.1 Å². The number of unbranched alkanes of at least 4 members (excludes halogenated alkanes) is 38. The minimum Gasteiger partial charge on any atom is -0.481 e. The molecule has 0 aliphatic rings. The minimum atomic E-state index is -0.918. The Bertz CT molecular complexity index is 859. The van der Waals surface area contributed by atoms with Gasteiger partial charge in [-0.15, -0.1) is 0 Å². The van der Waals surface area contributed by atoms with Gasteiger partial charge < -0.3 is 15.3 Å². The van der Waals surface area contributed by atoms with Gasteiger partial charge in [-0.2, -0.15) is 0 Å². The second-order valence-electron chi connectivity index (χ2n) is 18.6. The summed E-state index contributed by atoms with van der Waals surface area (Å²) in [5.41, 5.74) is 0. The summed E-state index contributed by atoms with van der Waals surface area (Å²) in [5, 5.41) is 12.5. The van der Waals surface area contributed by atoms with E-state index in [1.54, 1.807) is 0 Å². The monoisotopic (exact) mass is 833 g/mol. The van der Waals surface area contributed by atoms with Crippen LogP contribution >= 0.6 is 0 Å². The second kappa shape index (κ2) is 47.5. The molecule has 0 aliphatic heterocycles. The lowest BCUT2D eigenvalue weighted by atomic mass is 10.0. The summed E-state index contributed by atoms with van der Waals surface area (Å²) < 4.78 is 0. The maximum atomic E-state index is 14.0. The van der Waals surface area contributed by atoms with Gasteiger partial charge in [0.05, 0.1) is 0 Å². The number of nitrogens with one attached hydrogen (secondary N) is 1. The van der Waals surface area contributed by atoms with Crippen molar-refractivity contribution in [2.24, 2.45) is 0 Å². The molecule has 0 heterocycles. The van der Waals surface area contributed by atoms with Crippen LogP contribution in [0.25, 0.3) is 0 Å². The van der Waals surface area contributed by atoms with Crippen molar-refractivity contribution in [3.63, 3.8) is 0 Å². The molecule has 0 aromatic carbocycles. The number of nitrogens with zero attached hydrogens (tertiary/aromatic N) is 1. The number of hydrogen-bond donors (Lipinski definition) is 2. The van der Waals surface area contributed by atoms with Crippen LogP contribution in [0.2, 0.25) is 0 Å². The van der Waals surface area contributed by atoms with Gasteiger partial charge in [-0.25, -0.2) is 0 Å². The Balaban J connectivity index is 4.70. The molecule has 59 heavy (non-hydrogen) atoms. The van der Waals surface area contributed by atoms with Crippen molar-refractivity contribution in [3.05, 3.63) is 0 Å². The Kier molecular flexibility index (Phi) is 46.2. The third kappa shape index (κ3) is 42.9. The molecular weight excluding hydrogens is 729 g/mol. The lowest BCUT2D eigenvalue weighted by Crippen LogP contribution is -2.49. The number of carboxylic acids is 1. The molecule has 350 valence electrons. The summed E-state index contributed by atoms with van der Waals surface area (Å²) in [4.78, 5) is 40.6. The molecule has 2 amide bonds. The summed E-state index contributed by atoms with van der Waals surface area (Å²) in [6.07, 6.45) is 53.4. The molecule has 0 fully saturated rings. The maximum absolute atomic E-state index is 14.0. The third-order valence-corrected chi connectivity index (χ3v) is 12.7. The van der Waals surface area contributed by atoms with Crippen LogP contribution in [0, 0.1) is 0 Å². The SMILES string of the molecule is CCCCCCCCCCCCCCCCCCN(CCCCCCCCCCCCCCCCCC)C(=O)[C@H](CCC(=O)O)NC(=O)CCCCCCCCCCC. The normalized spacial score (nSPS) is 11.9. The number of carbonyl (C=O) groups is 3. The van der Waals surface area contributed by atoms with Crippen LogP contribution in [0.4, 0.5) is 0 Å². The summed E-state index contributed by atoms with van der Waals surface area (Å²) in [6, 6.07) is -0.751. The van der Waals surface area contributed by atoms with Crippen molar-refractivity contribution < 1.29 is 19.5 Å². The van der Waals surface area contributed by atoms with E-state index in [0.29, 0.717) is 19.5 Å². The Morgan fingerprint density at radius 3 is 0.898 bits per heavy atom. The van der Waals surface area contributed by atoms with Crippen molar-refractivity contribution >= 4 is 17.8 Å². The first-order valence-corrected chi connectivity index (χ1v) is 26.8. The van der Waals surface area contributed by atoms with Crippen molar-refractivity contribution in [3.8, 4) is 0 Å². The first-order valence-electron chi connectivity index (χ1n) is 26.8. The number of carboxylic acid groups (broad SMARTS) is 1. The fourth-order valence-corrected chi connectivity index (χ4v) is 8.64. The molecule has 0 bridgehead atoms. The Labute approximate surface area is 368 Å². The van der Waals surface area contributed by atoms with Crippen LogP contribution in [0.3, 0.4) is 0 Å². The highest BCUT2D eigenvalue weighted by Gasteiger charge is 2.26. The first-order chi connectivity index (χ1) is 29.0. The van der Waals surface area contributed by atoms with Crippen LogP contribution in [0.15, 0.2) is 0 Å². The Morgan fingerprint density at radius 1 is 0.373 bits per heavy atom. The largest absolute Gasteiger partial charge is 0.481 e. The Hall–Kier alpha value is -1.59. The van der Waals surface area contributed by atoms with Crippen molar-refractivity contribution in [1.29, 1.82) is 0 Å². The van der Waals surface area contributed by atoms with E-state index in [0.717, 1.165) is 44.9 Å². The summed E-state index contributed by atoms with van der Waals surface area (Å²) in [5.74, 6) is -1.10. The van der Waals surface area contributed by atoms with Crippen LogP contribution < -0.4 is 5.32 Å². The van der Waals surface area contributed by atoms with Gasteiger partial charge in [-0.05, 0) is 25.7 Å². The van der Waals surface area contributed by atoms with E-state index >= 15 is 0 Å². The standard InChI is InChI=1S/C53H104N2O4/c1-4-7-10-13-16-19-21-23-25-27-29-31-34-37-40-43-48-55(49-44-41-38-35-32-30-28-26-24-22-20-17-14-11-8-5-2)53(59)50(46-47-52(57)58)54-51(56)45-42-39-36-33-18-15-12-9-6-3/h50H,4-49H2,1-3H3,(H,54,56)(H,57,58)/t50-/m0/s1. The smallest absolute Gasteiger partial charge is 0.303 e. The van der Waals surface area contributed by atoms with E-state index in [4.69, 9.17) is 0 Å². The van der Waals surface area contributed by atoms with Gasteiger partial charge in [0.1, 0.15) is 6.04 Å². The molecule has 0 saturated heterocycles. The molecule has 6 heteroatoms. The molecule has 1 atom stereocenters. The molecule has 0 aliphatic carbocycles. The van der Waals surface area contributed by atoms with E-state index in [9.17, 15) is 19.5 Å². The molecule has 0 spiro atoms. The number of hydrogen-bond acceptors (Lipinski definition) is 3. The van der Waals surface area contributed by atoms with E-state index in [1.165, 1.54) is 218 Å². The highest BCUT2D eigenvalue weighted by atomic mass is 16.4. The number of carbonyl (C=O) groups excluding carboxylic acids is 2. The number of aliphatic carboxylic acids is 1. The Morgan fingerprint density at radius 2 is 0.627 bits per heavy atom. The summed E-state index contributed by atoms with van der Waals surface area (Å²) in [6.45, 7) is 8.21. The van der Waals surface area contributed by atoms with E-state index < -0.39 is 12.0 Å². The van der Waals surface area contributed by atoms with Gasteiger partial charge in [-0.3, -0.25) is 14.4 Å².